The van der Waals surface area contributed by atoms with Crippen molar-refractivity contribution in [3.8, 4) is 0 Å². The Morgan fingerprint density at radius 2 is 2.04 bits per heavy atom. The predicted molar refractivity (Wildman–Crippen MR) is 112 cm³/mol. The van der Waals surface area contributed by atoms with Crippen LogP contribution in [-0.2, 0) is 9.59 Å². The molecule has 1 unspecified atom stereocenters. The highest BCUT2D eigenvalue weighted by Gasteiger charge is 2.54. The number of carbonyl (C=O) groups is 2. The number of benzene rings is 1. The number of thiophene rings is 1. The Bertz CT molecular complexity index is 814. The third-order valence-corrected chi connectivity index (χ3v) is 6.94. The van der Waals surface area contributed by atoms with E-state index in [-0.39, 0.29) is 36.8 Å². The van der Waals surface area contributed by atoms with E-state index in [0.717, 1.165) is 29.7 Å². The van der Waals surface area contributed by atoms with Crippen LogP contribution in [0.15, 0.2) is 47.8 Å². The largest absolute Gasteiger partial charge is 0.481 e. The smallest absolute Gasteiger partial charge is 0.311 e. The molecule has 4 rings (SSSR count). The van der Waals surface area contributed by atoms with Gasteiger partial charge in [-0.15, -0.1) is 23.7 Å². The van der Waals surface area contributed by atoms with Crippen molar-refractivity contribution in [1.29, 1.82) is 0 Å². The molecule has 5 nitrogen and oxygen atoms in total. The normalized spacial score (nSPS) is 24.9. The summed E-state index contributed by atoms with van der Waals surface area (Å²) in [5.41, 5.74) is 0.404. The van der Waals surface area contributed by atoms with Crippen molar-refractivity contribution in [3.05, 3.63) is 58.3 Å². The first kappa shape index (κ1) is 20.8. The number of hydrogen-bond acceptors (Lipinski definition) is 4. The van der Waals surface area contributed by atoms with Gasteiger partial charge in [-0.1, -0.05) is 42.8 Å². The first-order chi connectivity index (χ1) is 13.1. The average Bonchev–Trinajstić information content (AvgIpc) is 3.36. The third-order valence-electron chi connectivity index (χ3n) is 6.00. The molecule has 150 valence electrons. The molecule has 1 aromatic heterocycles. The number of hydrogen-bond donors (Lipinski definition) is 2. The molecule has 0 spiro atoms. The molecule has 1 amide bonds. The van der Waals surface area contributed by atoms with E-state index in [1.807, 2.05) is 52.7 Å². The molecule has 2 heterocycles. The molecule has 1 aliphatic carbocycles. The summed E-state index contributed by atoms with van der Waals surface area (Å²) in [6.07, 6.45) is 2.66. The first-order valence-corrected chi connectivity index (χ1v) is 10.3. The summed E-state index contributed by atoms with van der Waals surface area (Å²) in [6.45, 7) is 1.43. The lowest BCUT2D eigenvalue weighted by molar-refractivity contribution is -0.149. The second-order valence-electron chi connectivity index (χ2n) is 7.65. The van der Waals surface area contributed by atoms with Crippen LogP contribution in [0.4, 0.5) is 0 Å². The Hall–Kier alpha value is -1.89. The number of nitrogens with one attached hydrogen (secondary N) is 1. The van der Waals surface area contributed by atoms with Crippen LogP contribution in [-0.4, -0.2) is 41.5 Å². The number of fused-ring (bicyclic) bond motifs is 1. The SMILES string of the molecule is Cl.O=C(CN1C[C@@H]2CCC[C@@]2(C(=O)O)C1)NC(c1ccccc1)c1cccs1. The van der Waals surface area contributed by atoms with Crippen LogP contribution in [0, 0.1) is 11.3 Å². The van der Waals surface area contributed by atoms with Crippen LogP contribution >= 0.6 is 23.7 Å². The highest BCUT2D eigenvalue weighted by atomic mass is 35.5. The minimum atomic E-state index is -0.700. The van der Waals surface area contributed by atoms with Crippen molar-refractivity contribution in [2.75, 3.05) is 19.6 Å². The van der Waals surface area contributed by atoms with Crippen molar-refractivity contribution in [3.63, 3.8) is 0 Å². The fourth-order valence-corrected chi connectivity index (χ4v) is 5.50. The lowest BCUT2D eigenvalue weighted by Crippen LogP contribution is -2.40. The van der Waals surface area contributed by atoms with Gasteiger partial charge in [0.25, 0.3) is 0 Å². The van der Waals surface area contributed by atoms with Gasteiger partial charge in [0.2, 0.25) is 5.91 Å². The first-order valence-electron chi connectivity index (χ1n) is 9.42. The lowest BCUT2D eigenvalue weighted by Gasteiger charge is -2.24. The Kier molecular flexibility index (Phi) is 6.43. The van der Waals surface area contributed by atoms with E-state index < -0.39 is 11.4 Å². The second-order valence-corrected chi connectivity index (χ2v) is 8.63. The fraction of sp³-hybridized carbons (Fsp3) is 0.429. The molecule has 28 heavy (non-hydrogen) atoms. The topological polar surface area (TPSA) is 69.6 Å². The van der Waals surface area contributed by atoms with Gasteiger partial charge in [-0.05, 0) is 35.8 Å². The number of likely N-dealkylation sites (tertiary alicyclic amines) is 1. The zero-order chi connectivity index (χ0) is 18.9. The molecule has 1 saturated carbocycles. The molecule has 2 aromatic rings. The van der Waals surface area contributed by atoms with Gasteiger partial charge >= 0.3 is 5.97 Å². The van der Waals surface area contributed by atoms with Gasteiger partial charge in [-0.3, -0.25) is 14.5 Å². The highest BCUT2D eigenvalue weighted by Crippen LogP contribution is 2.48. The van der Waals surface area contributed by atoms with E-state index in [1.165, 1.54) is 0 Å². The van der Waals surface area contributed by atoms with Crippen molar-refractivity contribution < 1.29 is 14.7 Å². The molecule has 7 heteroatoms. The zero-order valence-corrected chi connectivity index (χ0v) is 17.2. The van der Waals surface area contributed by atoms with Gasteiger partial charge < -0.3 is 10.4 Å². The Morgan fingerprint density at radius 3 is 2.68 bits per heavy atom. The van der Waals surface area contributed by atoms with Gasteiger partial charge in [0, 0.05) is 18.0 Å². The molecule has 0 bridgehead atoms. The van der Waals surface area contributed by atoms with E-state index in [2.05, 4.69) is 5.32 Å². The summed E-state index contributed by atoms with van der Waals surface area (Å²) < 4.78 is 0. The van der Waals surface area contributed by atoms with Crippen LogP contribution in [0.3, 0.4) is 0 Å². The molecule has 2 fully saturated rings. The average molecular weight is 421 g/mol. The molecule has 2 aliphatic rings. The van der Waals surface area contributed by atoms with Gasteiger partial charge in [-0.2, -0.15) is 0 Å². The van der Waals surface area contributed by atoms with Crippen LogP contribution in [0.2, 0.25) is 0 Å². The Morgan fingerprint density at radius 1 is 1.25 bits per heavy atom. The van der Waals surface area contributed by atoms with Gasteiger partial charge in [0.05, 0.1) is 18.0 Å². The molecular weight excluding hydrogens is 396 g/mol. The van der Waals surface area contributed by atoms with Crippen LogP contribution < -0.4 is 5.32 Å². The summed E-state index contributed by atoms with van der Waals surface area (Å²) in [6, 6.07) is 13.8. The lowest BCUT2D eigenvalue weighted by atomic mass is 9.81. The van der Waals surface area contributed by atoms with Gasteiger partial charge in [0.1, 0.15) is 0 Å². The van der Waals surface area contributed by atoms with Crippen LogP contribution in [0.25, 0.3) is 0 Å². The number of carboxylic acid groups (broad SMARTS) is 1. The number of halogens is 1. The van der Waals surface area contributed by atoms with Crippen LogP contribution in [0.5, 0.6) is 0 Å². The number of rotatable bonds is 6. The minimum Gasteiger partial charge on any atom is -0.481 e. The summed E-state index contributed by atoms with van der Waals surface area (Å²) in [4.78, 5) is 27.7. The van der Waals surface area contributed by atoms with Crippen molar-refractivity contribution >= 4 is 35.6 Å². The summed E-state index contributed by atoms with van der Waals surface area (Å²) in [5, 5.41) is 14.9. The zero-order valence-electron chi connectivity index (χ0n) is 15.5. The van der Waals surface area contributed by atoms with E-state index in [4.69, 9.17) is 0 Å². The van der Waals surface area contributed by atoms with E-state index in [0.29, 0.717) is 13.1 Å². The molecule has 1 saturated heterocycles. The molecular formula is C21H25ClN2O3S. The summed E-state index contributed by atoms with van der Waals surface area (Å²) in [7, 11) is 0. The quantitative estimate of drug-likeness (QED) is 0.749. The van der Waals surface area contributed by atoms with E-state index >= 15 is 0 Å². The molecule has 1 aromatic carbocycles. The minimum absolute atomic E-state index is 0. The predicted octanol–water partition coefficient (Wildman–Crippen LogP) is 3.56. The standard InChI is InChI=1S/C21H24N2O3S.ClH/c24-18(13-23-12-16-8-4-10-21(16,14-23)20(25)26)22-19(17-9-5-11-27-17)15-6-2-1-3-7-15;/h1-3,5-7,9,11,16,19H,4,8,10,12-14H2,(H,22,24)(H,25,26);1H/t16-,19?,21+;/m0./s1. The monoisotopic (exact) mass is 420 g/mol. The number of carbonyl (C=O) groups excluding carboxylic acids is 1. The second kappa shape index (κ2) is 8.64. The van der Waals surface area contributed by atoms with Crippen molar-refractivity contribution in [2.45, 2.75) is 25.3 Å². The maximum Gasteiger partial charge on any atom is 0.311 e. The van der Waals surface area contributed by atoms with Gasteiger partial charge in [0.15, 0.2) is 0 Å². The Balaban J connectivity index is 0.00000225. The number of carboxylic acids is 1. The highest BCUT2D eigenvalue weighted by molar-refractivity contribution is 7.10. The fourth-order valence-electron chi connectivity index (χ4n) is 4.69. The van der Waals surface area contributed by atoms with E-state index in [9.17, 15) is 14.7 Å². The summed E-state index contributed by atoms with van der Waals surface area (Å²) in [5.74, 6) is -0.587. The molecule has 2 N–H and O–H groups in total. The molecule has 3 atom stereocenters. The summed E-state index contributed by atoms with van der Waals surface area (Å²) >= 11 is 1.62. The Labute approximate surface area is 175 Å². The van der Waals surface area contributed by atoms with Gasteiger partial charge in [-0.25, -0.2) is 0 Å². The molecule has 0 radical (unpaired) electrons. The number of aliphatic carboxylic acids is 1. The molecule has 1 aliphatic heterocycles. The van der Waals surface area contributed by atoms with E-state index in [1.54, 1.807) is 11.3 Å². The van der Waals surface area contributed by atoms with Crippen molar-refractivity contribution in [1.82, 2.24) is 10.2 Å². The maximum atomic E-state index is 12.8. The maximum absolute atomic E-state index is 12.8. The van der Waals surface area contributed by atoms with Crippen molar-refractivity contribution in [2.24, 2.45) is 11.3 Å². The number of amides is 1. The number of nitrogens with zero attached hydrogens (tertiary/aromatic N) is 1. The van der Waals surface area contributed by atoms with Crippen LogP contribution in [0.1, 0.15) is 35.7 Å². The third kappa shape index (κ3) is 3.95.